The number of rotatable bonds is 3. The van der Waals surface area contributed by atoms with Crippen molar-refractivity contribution in [2.24, 2.45) is 0 Å². The van der Waals surface area contributed by atoms with E-state index in [0.717, 1.165) is 28.6 Å². The number of benzene rings is 1. The Bertz CT molecular complexity index is 1000. The van der Waals surface area contributed by atoms with Crippen molar-refractivity contribution in [2.75, 3.05) is 0 Å². The van der Waals surface area contributed by atoms with Gasteiger partial charge in [-0.3, -0.25) is 0 Å². The van der Waals surface area contributed by atoms with E-state index in [4.69, 9.17) is 4.52 Å². The summed E-state index contributed by atoms with van der Waals surface area (Å²) < 4.78 is 7.55. The van der Waals surface area contributed by atoms with Crippen LogP contribution >= 0.6 is 0 Å². The number of allylic oxidation sites excluding steroid dienone is 4. The highest BCUT2D eigenvalue weighted by Gasteiger charge is 2.21. The lowest BCUT2D eigenvalue weighted by Gasteiger charge is -2.09. The topological polar surface area (TPSA) is 69.6 Å². The third kappa shape index (κ3) is 2.49. The van der Waals surface area contributed by atoms with E-state index in [2.05, 4.69) is 50.3 Å². The Morgan fingerprint density at radius 2 is 2.04 bits per heavy atom. The number of hydrogen-bond acceptors (Lipinski definition) is 5. The smallest absolute Gasteiger partial charge is 0.258 e. The molecule has 0 N–H and O–H groups in total. The molecule has 0 bridgehead atoms. The molecule has 0 spiro atoms. The molecule has 3 aromatic rings. The van der Waals surface area contributed by atoms with Crippen LogP contribution in [0.3, 0.4) is 0 Å². The van der Waals surface area contributed by atoms with Crippen LogP contribution in [0.4, 0.5) is 0 Å². The summed E-state index contributed by atoms with van der Waals surface area (Å²) in [6.45, 7) is 2.10. The third-order valence-corrected chi connectivity index (χ3v) is 5.14. The maximum atomic E-state index is 5.47. The number of aromatic nitrogens is 5. The minimum Gasteiger partial charge on any atom is -0.334 e. The van der Waals surface area contributed by atoms with Gasteiger partial charge in [-0.25, -0.2) is 4.68 Å². The first-order chi connectivity index (χ1) is 12.3. The van der Waals surface area contributed by atoms with Crippen molar-refractivity contribution in [1.82, 2.24) is 25.1 Å². The zero-order valence-electron chi connectivity index (χ0n) is 14.1. The van der Waals surface area contributed by atoms with Crippen molar-refractivity contribution >= 4 is 16.6 Å². The summed E-state index contributed by atoms with van der Waals surface area (Å²) in [5.41, 5.74) is 5.25. The highest BCUT2D eigenvalue weighted by atomic mass is 16.5. The van der Waals surface area contributed by atoms with E-state index in [-0.39, 0.29) is 0 Å². The van der Waals surface area contributed by atoms with Gasteiger partial charge in [0, 0.05) is 11.1 Å². The molecule has 2 aliphatic rings. The minimum absolute atomic E-state index is 0.482. The largest absolute Gasteiger partial charge is 0.334 e. The van der Waals surface area contributed by atoms with Crippen LogP contribution in [-0.2, 0) is 0 Å². The van der Waals surface area contributed by atoms with Gasteiger partial charge in [0.25, 0.3) is 5.89 Å². The summed E-state index contributed by atoms with van der Waals surface area (Å²) in [6, 6.07) is 6.54. The quantitative estimate of drug-likeness (QED) is 0.713. The molecule has 5 rings (SSSR count). The molecule has 0 atom stereocenters. The lowest BCUT2D eigenvalue weighted by atomic mass is 10.1. The van der Waals surface area contributed by atoms with Crippen LogP contribution in [0.1, 0.15) is 50.9 Å². The second kappa shape index (κ2) is 5.65. The summed E-state index contributed by atoms with van der Waals surface area (Å²) in [4.78, 5) is 4.55. The second-order valence-electron chi connectivity index (χ2n) is 6.98. The fourth-order valence-corrected chi connectivity index (χ4v) is 3.78. The second-order valence-corrected chi connectivity index (χ2v) is 6.98. The van der Waals surface area contributed by atoms with Gasteiger partial charge in [0.15, 0.2) is 5.82 Å². The zero-order valence-corrected chi connectivity index (χ0v) is 14.1. The van der Waals surface area contributed by atoms with Crippen molar-refractivity contribution in [3.05, 3.63) is 41.7 Å². The van der Waals surface area contributed by atoms with Gasteiger partial charge in [-0.1, -0.05) is 40.9 Å². The van der Waals surface area contributed by atoms with Crippen LogP contribution in [0, 0.1) is 0 Å². The standard InChI is InChI=1S/C19H19N5O/c1-12-6-7-13(10-12)18-20-19(25-22-18)14-8-9-17-16(11-14)21-23-24(17)15-4-2-3-5-15/h6-9,11,15H,2-5,10H2,1H3. The Balaban J connectivity index is 1.46. The van der Waals surface area contributed by atoms with E-state index >= 15 is 0 Å². The fraction of sp³-hybridized carbons (Fsp3) is 0.368. The maximum absolute atomic E-state index is 5.47. The fourth-order valence-electron chi connectivity index (χ4n) is 3.78. The average Bonchev–Trinajstić information content (AvgIpc) is 3.39. The molecule has 1 fully saturated rings. The van der Waals surface area contributed by atoms with Gasteiger partial charge in [0.1, 0.15) is 5.52 Å². The van der Waals surface area contributed by atoms with Crippen LogP contribution in [0.15, 0.2) is 40.4 Å². The van der Waals surface area contributed by atoms with Gasteiger partial charge in [-0.15, -0.1) is 5.10 Å². The van der Waals surface area contributed by atoms with Gasteiger partial charge in [0.05, 0.1) is 11.6 Å². The van der Waals surface area contributed by atoms with Crippen LogP contribution in [0.2, 0.25) is 0 Å². The molecule has 6 heteroatoms. The van der Waals surface area contributed by atoms with Gasteiger partial charge in [-0.05, 0) is 44.4 Å². The molecule has 0 aliphatic heterocycles. The molecular weight excluding hydrogens is 314 g/mol. The van der Waals surface area contributed by atoms with Crippen molar-refractivity contribution < 1.29 is 4.52 Å². The molecule has 1 saturated carbocycles. The van der Waals surface area contributed by atoms with E-state index in [1.807, 2.05) is 12.1 Å². The molecule has 6 nitrogen and oxygen atoms in total. The Morgan fingerprint density at radius 3 is 2.84 bits per heavy atom. The summed E-state index contributed by atoms with van der Waals surface area (Å²) in [5, 5.41) is 12.8. The van der Waals surface area contributed by atoms with Crippen LogP contribution < -0.4 is 0 Å². The summed E-state index contributed by atoms with van der Waals surface area (Å²) >= 11 is 0. The summed E-state index contributed by atoms with van der Waals surface area (Å²) in [7, 11) is 0. The number of nitrogens with zero attached hydrogens (tertiary/aromatic N) is 5. The highest BCUT2D eigenvalue weighted by molar-refractivity contribution is 5.80. The van der Waals surface area contributed by atoms with Gasteiger partial charge < -0.3 is 4.52 Å². The van der Waals surface area contributed by atoms with Gasteiger partial charge in [0.2, 0.25) is 0 Å². The van der Waals surface area contributed by atoms with Crippen LogP contribution in [0.25, 0.3) is 28.1 Å². The molecule has 25 heavy (non-hydrogen) atoms. The molecule has 1 aromatic carbocycles. The molecular formula is C19H19N5O. The minimum atomic E-state index is 0.482. The van der Waals surface area contributed by atoms with Crippen molar-refractivity contribution in [3.8, 4) is 11.5 Å². The van der Waals surface area contributed by atoms with Gasteiger partial charge >= 0.3 is 0 Å². The molecule has 2 heterocycles. The van der Waals surface area contributed by atoms with Crippen LogP contribution in [0.5, 0.6) is 0 Å². The van der Waals surface area contributed by atoms with E-state index < -0.39 is 0 Å². The molecule has 126 valence electrons. The zero-order chi connectivity index (χ0) is 16.8. The van der Waals surface area contributed by atoms with E-state index in [1.54, 1.807) is 0 Å². The molecule has 2 aromatic heterocycles. The van der Waals surface area contributed by atoms with Crippen molar-refractivity contribution in [2.45, 2.75) is 45.1 Å². The number of hydrogen-bond donors (Lipinski definition) is 0. The summed E-state index contributed by atoms with van der Waals surface area (Å²) in [6.07, 6.45) is 9.97. The lowest BCUT2D eigenvalue weighted by molar-refractivity contribution is 0.428. The third-order valence-electron chi connectivity index (χ3n) is 5.14. The summed E-state index contributed by atoms with van der Waals surface area (Å²) in [5.74, 6) is 1.19. The van der Waals surface area contributed by atoms with E-state index in [9.17, 15) is 0 Å². The average molecular weight is 333 g/mol. The maximum Gasteiger partial charge on any atom is 0.258 e. The van der Waals surface area contributed by atoms with Crippen LogP contribution in [-0.4, -0.2) is 25.1 Å². The Labute approximate surface area is 145 Å². The molecule has 0 saturated heterocycles. The lowest BCUT2D eigenvalue weighted by Crippen LogP contribution is -2.06. The number of fused-ring (bicyclic) bond motifs is 1. The van der Waals surface area contributed by atoms with E-state index in [1.165, 1.54) is 31.3 Å². The normalized spacial score (nSPS) is 18.1. The predicted octanol–water partition coefficient (Wildman–Crippen LogP) is 4.33. The monoisotopic (exact) mass is 333 g/mol. The SMILES string of the molecule is CC1=CC=C(c2noc(-c3ccc4c(c3)nnn4C3CCCC3)n2)C1. The Hall–Kier alpha value is -2.76. The molecule has 0 radical (unpaired) electrons. The predicted molar refractivity (Wildman–Crippen MR) is 94.7 cm³/mol. The molecule has 2 aliphatic carbocycles. The first-order valence-electron chi connectivity index (χ1n) is 8.84. The highest BCUT2D eigenvalue weighted by Crippen LogP contribution is 2.32. The van der Waals surface area contributed by atoms with Gasteiger partial charge in [-0.2, -0.15) is 4.98 Å². The Kier molecular flexibility index (Phi) is 3.29. The van der Waals surface area contributed by atoms with E-state index in [0.29, 0.717) is 17.8 Å². The molecule has 0 amide bonds. The first-order valence-corrected chi connectivity index (χ1v) is 8.84. The van der Waals surface area contributed by atoms with Crippen molar-refractivity contribution in [3.63, 3.8) is 0 Å². The van der Waals surface area contributed by atoms with Crippen molar-refractivity contribution in [1.29, 1.82) is 0 Å². The molecule has 0 unspecified atom stereocenters. The first kappa shape index (κ1) is 14.6. The Morgan fingerprint density at radius 1 is 1.16 bits per heavy atom.